The highest BCUT2D eigenvalue weighted by atomic mass is 79.9. The minimum Gasteiger partial charge on any atom is -0.424 e. The van der Waals surface area contributed by atoms with E-state index >= 15 is 0 Å². The van der Waals surface area contributed by atoms with E-state index in [2.05, 4.69) is 20.9 Å². The third-order valence-electron chi connectivity index (χ3n) is 2.12. The number of imidazole rings is 1. The highest BCUT2D eigenvalue weighted by Gasteiger charge is 2.10. The highest BCUT2D eigenvalue weighted by Crippen LogP contribution is 2.29. The molecule has 84 valence electrons. The van der Waals surface area contributed by atoms with Crippen LogP contribution in [0.25, 0.3) is 0 Å². The molecule has 3 nitrogen and oxygen atoms in total. The van der Waals surface area contributed by atoms with Gasteiger partial charge in [0.25, 0.3) is 0 Å². The van der Waals surface area contributed by atoms with E-state index in [1.165, 1.54) is 0 Å². The Kier molecular flexibility index (Phi) is 3.51. The fourth-order valence-corrected chi connectivity index (χ4v) is 1.94. The van der Waals surface area contributed by atoms with Gasteiger partial charge in [0.15, 0.2) is 0 Å². The Morgan fingerprint density at radius 2 is 2.19 bits per heavy atom. The van der Waals surface area contributed by atoms with Crippen LogP contribution in [0, 0.1) is 0 Å². The van der Waals surface area contributed by atoms with E-state index in [-0.39, 0.29) is 0 Å². The summed E-state index contributed by atoms with van der Waals surface area (Å²) in [7, 11) is 0. The van der Waals surface area contributed by atoms with Crippen LogP contribution in [0.4, 0.5) is 0 Å². The van der Waals surface area contributed by atoms with Crippen LogP contribution < -0.4 is 4.74 Å². The number of halogens is 2. The average Bonchev–Trinajstić information content (AvgIpc) is 2.63. The number of rotatable bonds is 3. The monoisotopic (exact) mass is 300 g/mol. The Morgan fingerprint density at radius 1 is 1.44 bits per heavy atom. The topological polar surface area (TPSA) is 27.1 Å². The van der Waals surface area contributed by atoms with Gasteiger partial charge in [0.05, 0.1) is 10.7 Å². The van der Waals surface area contributed by atoms with E-state index in [1.807, 2.05) is 31.2 Å². The van der Waals surface area contributed by atoms with E-state index in [1.54, 1.807) is 10.8 Å². The molecule has 0 amide bonds. The molecule has 0 bridgehead atoms. The maximum absolute atomic E-state index is 5.96. The lowest BCUT2D eigenvalue weighted by atomic mass is 10.3. The van der Waals surface area contributed by atoms with Crippen molar-refractivity contribution in [2.24, 2.45) is 0 Å². The maximum atomic E-state index is 5.96. The number of aromatic nitrogens is 2. The van der Waals surface area contributed by atoms with Crippen molar-refractivity contribution in [3.8, 4) is 11.8 Å². The molecule has 0 spiro atoms. The first-order valence-electron chi connectivity index (χ1n) is 4.85. The summed E-state index contributed by atoms with van der Waals surface area (Å²) >= 11 is 9.37. The minimum atomic E-state index is 0.499. The van der Waals surface area contributed by atoms with Crippen molar-refractivity contribution in [2.45, 2.75) is 13.5 Å². The molecule has 1 aromatic heterocycles. The van der Waals surface area contributed by atoms with Crippen LogP contribution in [-0.4, -0.2) is 9.55 Å². The van der Waals surface area contributed by atoms with Gasteiger partial charge in [-0.25, -0.2) is 4.98 Å². The Morgan fingerprint density at radius 3 is 2.88 bits per heavy atom. The van der Waals surface area contributed by atoms with Crippen LogP contribution in [0.2, 0.25) is 5.15 Å². The molecule has 16 heavy (non-hydrogen) atoms. The van der Waals surface area contributed by atoms with Gasteiger partial charge in [-0.3, -0.25) is 4.57 Å². The predicted molar refractivity (Wildman–Crippen MR) is 67.1 cm³/mol. The molecule has 0 aliphatic heterocycles. The van der Waals surface area contributed by atoms with Gasteiger partial charge in [0, 0.05) is 6.54 Å². The van der Waals surface area contributed by atoms with Gasteiger partial charge < -0.3 is 4.74 Å². The van der Waals surface area contributed by atoms with Gasteiger partial charge in [-0.15, -0.1) is 0 Å². The molecule has 0 aliphatic carbocycles. The zero-order valence-electron chi connectivity index (χ0n) is 8.65. The van der Waals surface area contributed by atoms with Crippen molar-refractivity contribution in [2.75, 3.05) is 0 Å². The van der Waals surface area contributed by atoms with Gasteiger partial charge in [-0.2, -0.15) is 0 Å². The Balaban J connectivity index is 2.31. The molecule has 0 aliphatic rings. The van der Waals surface area contributed by atoms with Crippen LogP contribution in [-0.2, 0) is 6.54 Å². The van der Waals surface area contributed by atoms with E-state index in [0.717, 1.165) is 16.8 Å². The standard InChI is InChI=1S/C11H10BrClN2O/c1-2-15-10(13)7-14-11(15)16-9-6-4-3-5-8(9)12/h3-7H,2H2,1H3. The van der Waals surface area contributed by atoms with E-state index in [4.69, 9.17) is 16.3 Å². The normalized spacial score (nSPS) is 10.4. The third kappa shape index (κ3) is 2.23. The van der Waals surface area contributed by atoms with Gasteiger partial charge in [0.2, 0.25) is 0 Å². The number of hydrogen-bond donors (Lipinski definition) is 0. The second kappa shape index (κ2) is 4.89. The van der Waals surface area contributed by atoms with Crippen molar-refractivity contribution >= 4 is 27.5 Å². The van der Waals surface area contributed by atoms with Crippen LogP contribution in [0.15, 0.2) is 34.9 Å². The average molecular weight is 302 g/mol. The lowest BCUT2D eigenvalue weighted by molar-refractivity contribution is 0.413. The van der Waals surface area contributed by atoms with Crippen LogP contribution in [0.3, 0.4) is 0 Å². The molecule has 2 aromatic rings. The lowest BCUT2D eigenvalue weighted by Crippen LogP contribution is -1.98. The van der Waals surface area contributed by atoms with Gasteiger partial charge >= 0.3 is 6.01 Å². The van der Waals surface area contributed by atoms with E-state index < -0.39 is 0 Å². The first-order chi connectivity index (χ1) is 7.72. The van der Waals surface area contributed by atoms with Crippen LogP contribution in [0.1, 0.15) is 6.92 Å². The summed E-state index contributed by atoms with van der Waals surface area (Å²) < 4.78 is 8.35. The largest absolute Gasteiger partial charge is 0.424 e. The summed E-state index contributed by atoms with van der Waals surface area (Å²) in [4.78, 5) is 4.11. The highest BCUT2D eigenvalue weighted by molar-refractivity contribution is 9.10. The Labute approximate surface area is 107 Å². The van der Waals surface area contributed by atoms with E-state index in [0.29, 0.717) is 11.2 Å². The summed E-state index contributed by atoms with van der Waals surface area (Å²) in [6.45, 7) is 2.71. The maximum Gasteiger partial charge on any atom is 0.303 e. The second-order valence-corrected chi connectivity index (χ2v) is 4.38. The molecule has 0 N–H and O–H groups in total. The first-order valence-corrected chi connectivity index (χ1v) is 6.03. The third-order valence-corrected chi connectivity index (χ3v) is 3.08. The SMILES string of the molecule is CCn1c(Cl)cnc1Oc1ccccc1Br. The molecule has 0 saturated heterocycles. The molecular formula is C11H10BrClN2O. The predicted octanol–water partition coefficient (Wildman–Crippen LogP) is 4.11. The molecule has 2 rings (SSSR count). The minimum absolute atomic E-state index is 0.499. The number of para-hydroxylation sites is 1. The second-order valence-electron chi connectivity index (χ2n) is 3.14. The summed E-state index contributed by atoms with van der Waals surface area (Å²) in [6.07, 6.45) is 1.58. The molecular weight excluding hydrogens is 291 g/mol. The molecule has 0 saturated carbocycles. The number of nitrogens with zero attached hydrogens (tertiary/aromatic N) is 2. The summed E-state index contributed by atoms with van der Waals surface area (Å²) in [5, 5.41) is 0.574. The number of hydrogen-bond acceptors (Lipinski definition) is 2. The smallest absolute Gasteiger partial charge is 0.303 e. The van der Waals surface area contributed by atoms with Crippen molar-refractivity contribution in [3.05, 3.63) is 40.1 Å². The molecule has 1 heterocycles. The molecule has 0 radical (unpaired) electrons. The Bertz CT molecular complexity index is 498. The number of ether oxygens (including phenoxy) is 1. The van der Waals surface area contributed by atoms with Crippen molar-refractivity contribution in [3.63, 3.8) is 0 Å². The zero-order chi connectivity index (χ0) is 11.5. The molecule has 5 heteroatoms. The molecule has 0 unspecified atom stereocenters. The van der Waals surface area contributed by atoms with Crippen molar-refractivity contribution in [1.29, 1.82) is 0 Å². The summed E-state index contributed by atoms with van der Waals surface area (Å²) in [5.74, 6) is 0.722. The van der Waals surface area contributed by atoms with Crippen molar-refractivity contribution < 1.29 is 4.74 Å². The van der Waals surface area contributed by atoms with Crippen molar-refractivity contribution in [1.82, 2.24) is 9.55 Å². The molecule has 0 fully saturated rings. The summed E-state index contributed by atoms with van der Waals surface area (Å²) in [5.41, 5.74) is 0. The van der Waals surface area contributed by atoms with Gasteiger partial charge in [-0.1, -0.05) is 23.7 Å². The zero-order valence-corrected chi connectivity index (χ0v) is 11.0. The fourth-order valence-electron chi connectivity index (χ4n) is 1.33. The summed E-state index contributed by atoms with van der Waals surface area (Å²) in [6, 6.07) is 8.11. The Hall–Kier alpha value is -1.000. The van der Waals surface area contributed by atoms with E-state index in [9.17, 15) is 0 Å². The molecule has 0 atom stereocenters. The molecule has 1 aromatic carbocycles. The van der Waals surface area contributed by atoms with Gasteiger partial charge in [-0.05, 0) is 35.0 Å². The van der Waals surface area contributed by atoms with Crippen LogP contribution >= 0.6 is 27.5 Å². The van der Waals surface area contributed by atoms with Crippen LogP contribution in [0.5, 0.6) is 11.8 Å². The lowest BCUT2D eigenvalue weighted by Gasteiger charge is -2.08. The number of benzene rings is 1. The first kappa shape index (κ1) is 11.5. The quantitative estimate of drug-likeness (QED) is 0.853. The van der Waals surface area contributed by atoms with Gasteiger partial charge in [0.1, 0.15) is 10.9 Å². The fraction of sp³-hybridized carbons (Fsp3) is 0.182.